The van der Waals surface area contributed by atoms with E-state index in [2.05, 4.69) is 32.3 Å². The number of thiazole rings is 1. The number of aromatic nitrogens is 1. The highest BCUT2D eigenvalue weighted by Crippen LogP contribution is 2.30. The molecule has 1 N–H and O–H groups in total. The Labute approximate surface area is 123 Å². The molecule has 0 radical (unpaired) electrons. The molecule has 0 aliphatic heterocycles. The summed E-state index contributed by atoms with van der Waals surface area (Å²) in [4.78, 5) is 4.56. The molecule has 3 rings (SSSR count). The topological polar surface area (TPSA) is 34.1 Å². The van der Waals surface area contributed by atoms with Gasteiger partial charge in [-0.3, -0.25) is 0 Å². The van der Waals surface area contributed by atoms with E-state index < -0.39 is 0 Å². The third-order valence-electron chi connectivity index (χ3n) is 2.67. The third kappa shape index (κ3) is 2.72. The monoisotopic (exact) mass is 334 g/mol. The van der Waals surface area contributed by atoms with Crippen molar-refractivity contribution in [2.24, 2.45) is 0 Å². The molecule has 0 saturated heterocycles. The fourth-order valence-electron chi connectivity index (χ4n) is 1.78. The van der Waals surface area contributed by atoms with E-state index in [-0.39, 0.29) is 0 Å². The van der Waals surface area contributed by atoms with Gasteiger partial charge in [-0.05, 0) is 30.3 Å². The molecule has 2 aromatic carbocycles. The van der Waals surface area contributed by atoms with E-state index in [1.807, 2.05) is 36.4 Å². The summed E-state index contributed by atoms with van der Waals surface area (Å²) in [7, 11) is 1.66. The summed E-state index contributed by atoms with van der Waals surface area (Å²) in [5, 5.41) is 4.18. The molecule has 1 aromatic heterocycles. The summed E-state index contributed by atoms with van der Waals surface area (Å²) in [6.45, 7) is 0. The van der Waals surface area contributed by atoms with Crippen LogP contribution < -0.4 is 10.1 Å². The van der Waals surface area contributed by atoms with Crippen molar-refractivity contribution in [2.45, 2.75) is 0 Å². The first-order chi connectivity index (χ1) is 9.24. The van der Waals surface area contributed by atoms with E-state index in [1.165, 1.54) is 0 Å². The predicted molar refractivity (Wildman–Crippen MR) is 83.6 cm³/mol. The number of methoxy groups -OCH3 is 1. The largest absolute Gasteiger partial charge is 0.497 e. The Kier molecular flexibility index (Phi) is 3.40. The lowest BCUT2D eigenvalue weighted by atomic mass is 10.3. The average Bonchev–Trinajstić information content (AvgIpc) is 2.80. The van der Waals surface area contributed by atoms with Gasteiger partial charge in [0.2, 0.25) is 0 Å². The lowest BCUT2D eigenvalue weighted by molar-refractivity contribution is 0.415. The molecule has 1 heterocycles. The Balaban J connectivity index is 1.92. The van der Waals surface area contributed by atoms with Crippen LogP contribution in [0.3, 0.4) is 0 Å². The van der Waals surface area contributed by atoms with Gasteiger partial charge >= 0.3 is 0 Å². The molecule has 0 saturated carbocycles. The van der Waals surface area contributed by atoms with E-state index >= 15 is 0 Å². The molecule has 3 aromatic rings. The minimum atomic E-state index is 0.828. The number of hydrogen-bond acceptors (Lipinski definition) is 4. The van der Waals surface area contributed by atoms with Gasteiger partial charge in [-0.1, -0.05) is 33.3 Å². The van der Waals surface area contributed by atoms with Gasteiger partial charge < -0.3 is 10.1 Å². The molecule has 0 aliphatic rings. The van der Waals surface area contributed by atoms with Gasteiger partial charge in [0.05, 0.1) is 17.3 Å². The average molecular weight is 335 g/mol. The Morgan fingerprint density at radius 1 is 1.21 bits per heavy atom. The van der Waals surface area contributed by atoms with Gasteiger partial charge in [0.25, 0.3) is 0 Å². The first-order valence-electron chi connectivity index (χ1n) is 5.72. The van der Waals surface area contributed by atoms with Crippen LogP contribution >= 0.6 is 27.3 Å². The van der Waals surface area contributed by atoms with Crippen molar-refractivity contribution in [3.63, 3.8) is 0 Å². The first kappa shape index (κ1) is 12.4. The summed E-state index contributed by atoms with van der Waals surface area (Å²) in [5.41, 5.74) is 1.96. The second kappa shape index (κ2) is 5.19. The van der Waals surface area contributed by atoms with Crippen LogP contribution in [0.5, 0.6) is 5.75 Å². The molecule has 0 aliphatic carbocycles. The zero-order valence-corrected chi connectivity index (χ0v) is 12.6. The van der Waals surface area contributed by atoms with Gasteiger partial charge in [-0.2, -0.15) is 0 Å². The molecule has 0 amide bonds. The van der Waals surface area contributed by atoms with Crippen LogP contribution in [0.4, 0.5) is 10.8 Å². The van der Waals surface area contributed by atoms with Crippen LogP contribution in [-0.4, -0.2) is 12.1 Å². The predicted octanol–water partition coefficient (Wildman–Crippen LogP) is 4.81. The number of fused-ring (bicyclic) bond motifs is 1. The minimum absolute atomic E-state index is 0.828. The van der Waals surface area contributed by atoms with Crippen molar-refractivity contribution < 1.29 is 4.74 Å². The van der Waals surface area contributed by atoms with Crippen LogP contribution in [0, 0.1) is 0 Å². The molecule has 0 spiro atoms. The summed E-state index contributed by atoms with van der Waals surface area (Å²) in [6, 6.07) is 13.9. The highest BCUT2D eigenvalue weighted by molar-refractivity contribution is 9.10. The SMILES string of the molecule is COc1cccc(Nc2nc3cc(Br)ccc3s2)c1. The molecule has 0 bridgehead atoms. The van der Waals surface area contributed by atoms with Gasteiger partial charge in [-0.15, -0.1) is 0 Å². The minimum Gasteiger partial charge on any atom is -0.497 e. The second-order valence-corrected chi connectivity index (χ2v) is 5.93. The molecule has 0 atom stereocenters. The first-order valence-corrected chi connectivity index (χ1v) is 7.33. The molecule has 19 heavy (non-hydrogen) atoms. The molecule has 96 valence electrons. The zero-order chi connectivity index (χ0) is 13.2. The van der Waals surface area contributed by atoms with Crippen LogP contribution in [0.1, 0.15) is 0 Å². The van der Waals surface area contributed by atoms with Crippen LogP contribution in [0.15, 0.2) is 46.9 Å². The lowest BCUT2D eigenvalue weighted by Gasteiger charge is -2.04. The highest BCUT2D eigenvalue weighted by atomic mass is 79.9. The van der Waals surface area contributed by atoms with Crippen LogP contribution in [-0.2, 0) is 0 Å². The highest BCUT2D eigenvalue weighted by Gasteiger charge is 2.05. The number of hydrogen-bond donors (Lipinski definition) is 1. The number of anilines is 2. The Bertz CT molecular complexity index is 726. The number of halogens is 1. The van der Waals surface area contributed by atoms with Crippen LogP contribution in [0.2, 0.25) is 0 Å². The van der Waals surface area contributed by atoms with Crippen LogP contribution in [0.25, 0.3) is 10.2 Å². The number of rotatable bonds is 3. The molecular formula is C14H11BrN2OS. The Hall–Kier alpha value is -1.59. The van der Waals surface area contributed by atoms with Crippen molar-refractivity contribution in [2.75, 3.05) is 12.4 Å². The zero-order valence-electron chi connectivity index (χ0n) is 10.2. The van der Waals surface area contributed by atoms with Crippen molar-refractivity contribution in [3.05, 3.63) is 46.9 Å². The molecule has 0 fully saturated rings. The number of ether oxygens (including phenoxy) is 1. The quantitative estimate of drug-likeness (QED) is 0.746. The lowest BCUT2D eigenvalue weighted by Crippen LogP contribution is -1.90. The number of nitrogens with one attached hydrogen (secondary N) is 1. The number of benzene rings is 2. The summed E-state index contributed by atoms with van der Waals surface area (Å²) in [5.74, 6) is 0.828. The maximum Gasteiger partial charge on any atom is 0.188 e. The fraction of sp³-hybridized carbons (Fsp3) is 0.0714. The maximum atomic E-state index is 5.20. The number of nitrogens with zero attached hydrogens (tertiary/aromatic N) is 1. The van der Waals surface area contributed by atoms with Gasteiger partial charge in [0, 0.05) is 16.2 Å². The summed E-state index contributed by atoms with van der Waals surface area (Å²) < 4.78 is 7.40. The van der Waals surface area contributed by atoms with E-state index in [4.69, 9.17) is 4.74 Å². The van der Waals surface area contributed by atoms with Crippen molar-refractivity contribution in [1.82, 2.24) is 4.98 Å². The van der Waals surface area contributed by atoms with E-state index in [1.54, 1.807) is 18.4 Å². The molecule has 5 heteroatoms. The van der Waals surface area contributed by atoms with Crippen molar-refractivity contribution >= 4 is 48.3 Å². The standard InChI is InChI=1S/C14H11BrN2OS/c1-18-11-4-2-3-10(8-11)16-14-17-12-7-9(15)5-6-13(12)19-14/h2-8H,1H3,(H,16,17). The maximum absolute atomic E-state index is 5.20. The van der Waals surface area contributed by atoms with Crippen molar-refractivity contribution in [1.29, 1.82) is 0 Å². The van der Waals surface area contributed by atoms with Crippen molar-refractivity contribution in [3.8, 4) is 5.75 Å². The van der Waals surface area contributed by atoms with Gasteiger partial charge in [0.15, 0.2) is 5.13 Å². The summed E-state index contributed by atoms with van der Waals surface area (Å²) in [6.07, 6.45) is 0. The third-order valence-corrected chi connectivity index (χ3v) is 4.12. The molecular weight excluding hydrogens is 324 g/mol. The summed E-state index contributed by atoms with van der Waals surface area (Å²) >= 11 is 5.09. The van der Waals surface area contributed by atoms with E-state index in [0.717, 1.165) is 31.3 Å². The van der Waals surface area contributed by atoms with Gasteiger partial charge in [0.1, 0.15) is 5.75 Å². The fourth-order valence-corrected chi connectivity index (χ4v) is 2.99. The van der Waals surface area contributed by atoms with E-state index in [9.17, 15) is 0 Å². The normalized spacial score (nSPS) is 10.6. The Morgan fingerprint density at radius 3 is 2.95 bits per heavy atom. The second-order valence-electron chi connectivity index (χ2n) is 3.99. The Morgan fingerprint density at radius 2 is 2.11 bits per heavy atom. The smallest absolute Gasteiger partial charge is 0.188 e. The molecule has 0 unspecified atom stereocenters. The molecule has 3 nitrogen and oxygen atoms in total. The van der Waals surface area contributed by atoms with Gasteiger partial charge in [-0.25, -0.2) is 4.98 Å². The van der Waals surface area contributed by atoms with E-state index in [0.29, 0.717) is 0 Å².